The molecule has 9 heteroatoms. The summed E-state index contributed by atoms with van der Waals surface area (Å²) in [5.41, 5.74) is 1.40. The Balaban J connectivity index is 1.72. The van der Waals surface area contributed by atoms with E-state index in [4.69, 9.17) is 21.4 Å². The first kappa shape index (κ1) is 21.5. The van der Waals surface area contributed by atoms with E-state index in [9.17, 15) is 14.7 Å². The Kier molecular flexibility index (Phi) is 6.18. The molecule has 4 rings (SSSR count). The molecule has 3 aromatic rings. The number of methoxy groups -OCH3 is 1. The fraction of sp³-hybridized carbons (Fsp3) is 0.217. The number of carbonyl (C=O) groups is 2. The quantitative estimate of drug-likeness (QED) is 0.412. The summed E-state index contributed by atoms with van der Waals surface area (Å²) in [5.74, 6) is -0.367. The fourth-order valence-electron chi connectivity index (χ4n) is 3.81. The molecule has 32 heavy (non-hydrogen) atoms. The van der Waals surface area contributed by atoms with E-state index in [2.05, 4.69) is 10.3 Å². The minimum Gasteiger partial charge on any atom is -0.478 e. The van der Waals surface area contributed by atoms with Gasteiger partial charge in [0.1, 0.15) is 17.6 Å². The maximum atomic E-state index is 11.8. The number of hydrogen-bond donors (Lipinski definition) is 2. The summed E-state index contributed by atoms with van der Waals surface area (Å²) in [4.78, 5) is 29.7. The molecule has 0 radical (unpaired) electrons. The maximum Gasteiger partial charge on any atom is 0.336 e. The van der Waals surface area contributed by atoms with E-state index >= 15 is 0 Å². The highest BCUT2D eigenvalue weighted by atomic mass is 32.1. The molecule has 0 amide bonds. The molecule has 0 saturated carbocycles. The van der Waals surface area contributed by atoms with Gasteiger partial charge in [0.05, 0.1) is 30.8 Å². The van der Waals surface area contributed by atoms with Gasteiger partial charge in [0.25, 0.3) is 0 Å². The molecule has 164 valence electrons. The number of carboxylic acid groups (broad SMARTS) is 1. The van der Waals surface area contributed by atoms with E-state index < -0.39 is 5.97 Å². The number of hydrogen-bond acceptors (Lipinski definition) is 6. The molecule has 8 nitrogen and oxygen atoms in total. The lowest BCUT2D eigenvalue weighted by molar-refractivity contribution is -0.140. The Morgan fingerprint density at radius 2 is 1.97 bits per heavy atom. The zero-order valence-electron chi connectivity index (χ0n) is 17.2. The number of benzene rings is 1. The SMILES string of the molecule is COC(=O)CCN1C(=S)NC(c2ccccn2)C1c1ccc(-c2ccccc2C(=O)O)o1. The number of nitrogens with one attached hydrogen (secondary N) is 1. The van der Waals surface area contributed by atoms with Crippen molar-refractivity contribution in [2.24, 2.45) is 0 Å². The topological polar surface area (TPSA) is 105 Å². The molecule has 0 aliphatic carbocycles. The van der Waals surface area contributed by atoms with Crippen LogP contribution in [0.5, 0.6) is 0 Å². The van der Waals surface area contributed by atoms with Gasteiger partial charge in [-0.25, -0.2) is 4.79 Å². The molecule has 1 aliphatic rings. The van der Waals surface area contributed by atoms with Crippen LogP contribution in [0, 0.1) is 0 Å². The molecule has 1 aliphatic heterocycles. The third-order valence-corrected chi connectivity index (χ3v) is 5.68. The number of aromatic carboxylic acids is 1. The van der Waals surface area contributed by atoms with Crippen molar-refractivity contribution >= 4 is 29.3 Å². The summed E-state index contributed by atoms with van der Waals surface area (Å²) in [6, 6.07) is 15.1. The molecular weight excluding hydrogens is 430 g/mol. The second kappa shape index (κ2) is 9.19. The minimum atomic E-state index is -1.03. The van der Waals surface area contributed by atoms with Gasteiger partial charge in [0.15, 0.2) is 5.11 Å². The summed E-state index contributed by atoms with van der Waals surface area (Å²) < 4.78 is 10.9. The number of rotatable bonds is 7. The Morgan fingerprint density at radius 1 is 1.19 bits per heavy atom. The molecule has 2 aromatic heterocycles. The van der Waals surface area contributed by atoms with Crippen molar-refractivity contribution in [3.05, 3.63) is 77.8 Å². The minimum absolute atomic E-state index is 0.150. The third kappa shape index (κ3) is 4.19. The van der Waals surface area contributed by atoms with Crippen molar-refractivity contribution in [3.63, 3.8) is 0 Å². The van der Waals surface area contributed by atoms with E-state index in [0.717, 1.165) is 5.69 Å². The number of carbonyl (C=O) groups excluding carboxylic acids is 1. The van der Waals surface area contributed by atoms with Crippen molar-refractivity contribution in [1.29, 1.82) is 0 Å². The first-order valence-corrected chi connectivity index (χ1v) is 10.4. The van der Waals surface area contributed by atoms with E-state index in [1.165, 1.54) is 13.2 Å². The van der Waals surface area contributed by atoms with Gasteiger partial charge in [-0.3, -0.25) is 9.78 Å². The van der Waals surface area contributed by atoms with Crippen LogP contribution in [-0.4, -0.2) is 45.7 Å². The summed E-state index contributed by atoms with van der Waals surface area (Å²) in [7, 11) is 1.34. The van der Waals surface area contributed by atoms with Gasteiger partial charge in [-0.05, 0) is 42.5 Å². The van der Waals surface area contributed by atoms with Gasteiger partial charge in [-0.15, -0.1) is 0 Å². The van der Waals surface area contributed by atoms with Crippen LogP contribution >= 0.6 is 12.2 Å². The Hall–Kier alpha value is -3.72. The Morgan fingerprint density at radius 3 is 2.69 bits per heavy atom. The Labute approximate surface area is 189 Å². The number of thiocarbonyl (C=S) groups is 1. The number of esters is 1. The maximum absolute atomic E-state index is 11.8. The normalized spacial score (nSPS) is 17.8. The van der Waals surface area contributed by atoms with Crippen molar-refractivity contribution in [2.75, 3.05) is 13.7 Å². The largest absolute Gasteiger partial charge is 0.478 e. The van der Waals surface area contributed by atoms with Crippen LogP contribution in [-0.2, 0) is 9.53 Å². The first-order chi connectivity index (χ1) is 15.5. The van der Waals surface area contributed by atoms with Gasteiger partial charge in [0, 0.05) is 18.3 Å². The predicted molar refractivity (Wildman–Crippen MR) is 120 cm³/mol. The summed E-state index contributed by atoms with van der Waals surface area (Å²) in [6.07, 6.45) is 1.85. The summed E-state index contributed by atoms with van der Waals surface area (Å²) in [6.45, 7) is 0.328. The number of furan rings is 1. The zero-order chi connectivity index (χ0) is 22.7. The molecule has 2 unspecified atom stereocenters. The lowest BCUT2D eigenvalue weighted by Crippen LogP contribution is -2.31. The standard InChI is InChI=1S/C23H21N3O5S/c1-30-19(27)11-13-26-21(20(25-23(26)32)16-8-4-5-12-24-16)18-10-9-17(31-18)14-6-2-3-7-15(14)22(28)29/h2-10,12,20-21H,11,13H2,1H3,(H,25,32)(H,28,29). The highest BCUT2D eigenvalue weighted by Crippen LogP contribution is 2.40. The van der Waals surface area contributed by atoms with Crippen LogP contribution < -0.4 is 5.32 Å². The van der Waals surface area contributed by atoms with Gasteiger partial charge in [-0.2, -0.15) is 0 Å². The molecular formula is C23H21N3O5S. The molecule has 0 spiro atoms. The monoisotopic (exact) mass is 451 g/mol. The highest BCUT2D eigenvalue weighted by Gasteiger charge is 2.41. The lowest BCUT2D eigenvalue weighted by Gasteiger charge is -2.25. The van der Waals surface area contributed by atoms with Crippen LogP contribution in [0.15, 0.2) is 65.2 Å². The van der Waals surface area contributed by atoms with Crippen LogP contribution in [0.4, 0.5) is 0 Å². The number of aromatic nitrogens is 1. The van der Waals surface area contributed by atoms with Gasteiger partial charge < -0.3 is 24.5 Å². The van der Waals surface area contributed by atoms with Crippen LogP contribution in [0.25, 0.3) is 11.3 Å². The smallest absolute Gasteiger partial charge is 0.336 e. The van der Waals surface area contributed by atoms with Crippen molar-refractivity contribution < 1.29 is 23.8 Å². The average Bonchev–Trinajstić information content (AvgIpc) is 3.42. The van der Waals surface area contributed by atoms with Crippen LogP contribution in [0.3, 0.4) is 0 Å². The molecule has 2 atom stereocenters. The fourth-order valence-corrected chi connectivity index (χ4v) is 4.14. The number of carboxylic acids is 1. The highest BCUT2D eigenvalue weighted by molar-refractivity contribution is 7.80. The second-order valence-corrected chi connectivity index (χ2v) is 7.59. The van der Waals surface area contributed by atoms with Crippen LogP contribution in [0.2, 0.25) is 0 Å². The molecule has 0 bridgehead atoms. The molecule has 2 N–H and O–H groups in total. The predicted octanol–water partition coefficient (Wildman–Crippen LogP) is 3.58. The number of nitrogens with zero attached hydrogens (tertiary/aromatic N) is 2. The first-order valence-electron chi connectivity index (χ1n) is 9.97. The number of ether oxygens (including phenoxy) is 1. The number of pyridine rings is 1. The van der Waals surface area contributed by atoms with Gasteiger partial charge in [0.2, 0.25) is 0 Å². The summed E-state index contributed by atoms with van der Waals surface area (Å²) in [5, 5.41) is 13.3. The van der Waals surface area contributed by atoms with Crippen molar-refractivity contribution in [1.82, 2.24) is 15.2 Å². The molecule has 3 heterocycles. The van der Waals surface area contributed by atoms with Crippen molar-refractivity contribution in [3.8, 4) is 11.3 Å². The van der Waals surface area contributed by atoms with E-state index in [0.29, 0.717) is 28.7 Å². The van der Waals surface area contributed by atoms with Crippen molar-refractivity contribution in [2.45, 2.75) is 18.5 Å². The second-order valence-electron chi connectivity index (χ2n) is 7.20. The van der Waals surface area contributed by atoms with Gasteiger partial charge >= 0.3 is 11.9 Å². The molecule has 1 saturated heterocycles. The van der Waals surface area contributed by atoms with E-state index in [1.807, 2.05) is 23.1 Å². The lowest BCUT2D eigenvalue weighted by atomic mass is 10.0. The summed E-state index contributed by atoms with van der Waals surface area (Å²) >= 11 is 5.55. The Bertz CT molecular complexity index is 1150. The van der Waals surface area contributed by atoms with Crippen LogP contribution in [0.1, 0.15) is 40.3 Å². The molecule has 1 aromatic carbocycles. The van der Waals surface area contributed by atoms with E-state index in [-0.39, 0.29) is 30.0 Å². The van der Waals surface area contributed by atoms with E-state index in [1.54, 1.807) is 36.5 Å². The molecule has 1 fully saturated rings. The zero-order valence-corrected chi connectivity index (χ0v) is 18.0. The average molecular weight is 452 g/mol. The van der Waals surface area contributed by atoms with Gasteiger partial charge in [-0.1, -0.05) is 24.3 Å². The third-order valence-electron chi connectivity index (χ3n) is 5.32.